The Bertz CT molecular complexity index is 535. The molecule has 2 N–H and O–H groups in total. The number of carbonyl (C=O) groups is 1. The molecule has 0 spiro atoms. The Balaban J connectivity index is 2.52. The second-order valence-electron chi connectivity index (χ2n) is 2.83. The molecule has 0 amide bonds. The van der Waals surface area contributed by atoms with Crippen LogP contribution in [0.1, 0.15) is 10.5 Å². The number of nitrogens with two attached hydrogens (primary N) is 1. The van der Waals surface area contributed by atoms with E-state index in [2.05, 4.69) is 25.7 Å². The summed E-state index contributed by atoms with van der Waals surface area (Å²) in [5.41, 5.74) is 5.89. The SMILES string of the molecule is COC(=O)c1nc(N)sc1-c1ccc(Br)s1. The molecule has 7 heteroatoms. The zero-order valence-electron chi connectivity index (χ0n) is 8.19. The van der Waals surface area contributed by atoms with Crippen LogP contribution in [0.3, 0.4) is 0 Å². The van der Waals surface area contributed by atoms with E-state index in [1.54, 1.807) is 0 Å². The van der Waals surface area contributed by atoms with E-state index in [1.807, 2.05) is 12.1 Å². The highest BCUT2D eigenvalue weighted by Crippen LogP contribution is 2.38. The Morgan fingerprint density at radius 3 is 2.81 bits per heavy atom. The van der Waals surface area contributed by atoms with E-state index in [9.17, 15) is 4.79 Å². The molecule has 0 radical (unpaired) electrons. The topological polar surface area (TPSA) is 65.2 Å². The number of rotatable bonds is 2. The van der Waals surface area contributed by atoms with Crippen LogP contribution in [0, 0.1) is 0 Å². The summed E-state index contributed by atoms with van der Waals surface area (Å²) in [7, 11) is 1.33. The Morgan fingerprint density at radius 2 is 2.25 bits per heavy atom. The van der Waals surface area contributed by atoms with Gasteiger partial charge in [0.05, 0.1) is 15.8 Å². The van der Waals surface area contributed by atoms with Gasteiger partial charge in [-0.15, -0.1) is 11.3 Å². The van der Waals surface area contributed by atoms with Crippen molar-refractivity contribution in [3.8, 4) is 9.75 Å². The number of thiazole rings is 1. The highest BCUT2D eigenvalue weighted by molar-refractivity contribution is 9.11. The smallest absolute Gasteiger partial charge is 0.358 e. The summed E-state index contributed by atoms with van der Waals surface area (Å²) in [6, 6.07) is 3.82. The van der Waals surface area contributed by atoms with Gasteiger partial charge in [0, 0.05) is 4.88 Å². The molecule has 0 aliphatic heterocycles. The lowest BCUT2D eigenvalue weighted by Crippen LogP contribution is -2.03. The fourth-order valence-corrected chi connectivity index (χ4v) is 3.49. The number of nitrogen functional groups attached to an aromatic ring is 1. The average molecular weight is 319 g/mol. The number of thiophene rings is 1. The first-order valence-corrected chi connectivity index (χ1v) is 6.64. The van der Waals surface area contributed by atoms with Gasteiger partial charge in [-0.2, -0.15) is 0 Å². The van der Waals surface area contributed by atoms with Crippen molar-refractivity contribution in [2.45, 2.75) is 0 Å². The summed E-state index contributed by atoms with van der Waals surface area (Å²) in [4.78, 5) is 17.2. The molecule has 2 rings (SSSR count). The number of halogens is 1. The van der Waals surface area contributed by atoms with E-state index in [4.69, 9.17) is 5.73 Å². The monoisotopic (exact) mass is 318 g/mol. The molecule has 2 aromatic rings. The minimum absolute atomic E-state index is 0.277. The number of esters is 1. The van der Waals surface area contributed by atoms with Gasteiger partial charge in [0.2, 0.25) is 0 Å². The molecule has 16 heavy (non-hydrogen) atoms. The molecule has 0 aliphatic carbocycles. The van der Waals surface area contributed by atoms with Gasteiger partial charge in [0.1, 0.15) is 0 Å². The Labute approximate surface area is 108 Å². The molecular formula is C9H7BrN2O2S2. The lowest BCUT2D eigenvalue weighted by Gasteiger charge is -1.96. The summed E-state index contributed by atoms with van der Waals surface area (Å²) >= 11 is 6.17. The molecule has 0 unspecified atom stereocenters. The van der Waals surface area contributed by atoms with Crippen molar-refractivity contribution >= 4 is 49.7 Å². The maximum Gasteiger partial charge on any atom is 0.358 e. The molecule has 0 aliphatic rings. The van der Waals surface area contributed by atoms with E-state index < -0.39 is 5.97 Å². The zero-order valence-corrected chi connectivity index (χ0v) is 11.4. The first kappa shape index (κ1) is 11.6. The van der Waals surface area contributed by atoms with Gasteiger partial charge in [-0.1, -0.05) is 11.3 Å². The summed E-state index contributed by atoms with van der Waals surface area (Å²) < 4.78 is 5.65. The summed E-state index contributed by atoms with van der Waals surface area (Å²) in [5, 5.41) is 0.361. The molecule has 0 aromatic carbocycles. The fraction of sp³-hybridized carbons (Fsp3) is 0.111. The predicted octanol–water partition coefficient (Wildman–Crippen LogP) is 3.00. The van der Waals surface area contributed by atoms with Gasteiger partial charge in [-0.25, -0.2) is 9.78 Å². The molecule has 0 bridgehead atoms. The minimum Gasteiger partial charge on any atom is -0.464 e. The number of hydrogen-bond acceptors (Lipinski definition) is 6. The third-order valence-corrected chi connectivity index (χ3v) is 4.51. The van der Waals surface area contributed by atoms with Crippen LogP contribution in [0.4, 0.5) is 5.13 Å². The number of hydrogen-bond donors (Lipinski definition) is 1. The van der Waals surface area contributed by atoms with Crippen LogP contribution in [0.25, 0.3) is 9.75 Å². The van der Waals surface area contributed by atoms with Gasteiger partial charge < -0.3 is 10.5 Å². The molecule has 2 aromatic heterocycles. The van der Waals surface area contributed by atoms with Crippen LogP contribution >= 0.6 is 38.6 Å². The normalized spacial score (nSPS) is 10.4. The summed E-state index contributed by atoms with van der Waals surface area (Å²) in [6.45, 7) is 0. The van der Waals surface area contributed by atoms with Crippen molar-refractivity contribution in [2.75, 3.05) is 12.8 Å². The summed E-state index contributed by atoms with van der Waals surface area (Å²) in [6.07, 6.45) is 0. The molecule has 0 saturated heterocycles. The first-order chi connectivity index (χ1) is 7.61. The molecule has 0 atom stereocenters. The summed E-state index contributed by atoms with van der Waals surface area (Å²) in [5.74, 6) is -0.465. The second-order valence-corrected chi connectivity index (χ2v) is 6.32. The van der Waals surface area contributed by atoms with Crippen LogP contribution in [0.2, 0.25) is 0 Å². The fourth-order valence-electron chi connectivity index (χ4n) is 1.18. The zero-order chi connectivity index (χ0) is 11.7. The van der Waals surface area contributed by atoms with Gasteiger partial charge >= 0.3 is 5.97 Å². The van der Waals surface area contributed by atoms with E-state index in [1.165, 1.54) is 29.8 Å². The van der Waals surface area contributed by atoms with Gasteiger partial charge in [0.15, 0.2) is 10.8 Å². The maximum absolute atomic E-state index is 11.5. The highest BCUT2D eigenvalue weighted by atomic mass is 79.9. The first-order valence-electron chi connectivity index (χ1n) is 4.22. The van der Waals surface area contributed by atoms with Crippen molar-refractivity contribution in [2.24, 2.45) is 0 Å². The largest absolute Gasteiger partial charge is 0.464 e. The van der Waals surface area contributed by atoms with E-state index in [-0.39, 0.29) is 5.69 Å². The predicted molar refractivity (Wildman–Crippen MR) is 68.9 cm³/mol. The average Bonchev–Trinajstić information content (AvgIpc) is 2.83. The molecule has 84 valence electrons. The van der Waals surface area contributed by atoms with Crippen LogP contribution in [0.5, 0.6) is 0 Å². The number of nitrogens with zero attached hydrogens (tertiary/aromatic N) is 1. The van der Waals surface area contributed by atoms with E-state index in [0.717, 1.165) is 13.5 Å². The van der Waals surface area contributed by atoms with Crippen LogP contribution in [-0.4, -0.2) is 18.1 Å². The van der Waals surface area contributed by atoms with Crippen molar-refractivity contribution in [1.29, 1.82) is 0 Å². The Kier molecular flexibility index (Phi) is 3.27. The van der Waals surface area contributed by atoms with Crippen molar-refractivity contribution in [3.05, 3.63) is 21.6 Å². The lowest BCUT2D eigenvalue weighted by molar-refractivity contribution is 0.0596. The molecular weight excluding hydrogens is 312 g/mol. The van der Waals surface area contributed by atoms with Crippen molar-refractivity contribution < 1.29 is 9.53 Å². The number of aromatic nitrogens is 1. The van der Waals surface area contributed by atoms with Crippen LogP contribution in [0.15, 0.2) is 15.9 Å². The number of ether oxygens (including phenoxy) is 1. The quantitative estimate of drug-likeness (QED) is 0.864. The highest BCUT2D eigenvalue weighted by Gasteiger charge is 2.20. The number of carbonyl (C=O) groups excluding carboxylic acids is 1. The van der Waals surface area contributed by atoms with Crippen molar-refractivity contribution in [3.63, 3.8) is 0 Å². The minimum atomic E-state index is -0.465. The standard InChI is InChI=1S/C9H7BrN2O2S2/c1-14-8(13)6-7(16-9(11)12-6)4-2-3-5(10)15-4/h2-3H,1H3,(H2,11,12). The Hall–Kier alpha value is -0.920. The maximum atomic E-state index is 11.5. The van der Waals surface area contributed by atoms with Gasteiger partial charge in [-0.3, -0.25) is 0 Å². The second kappa shape index (κ2) is 4.52. The molecule has 0 fully saturated rings. The van der Waals surface area contributed by atoms with Crippen molar-refractivity contribution in [1.82, 2.24) is 4.98 Å². The van der Waals surface area contributed by atoms with Gasteiger partial charge in [0.25, 0.3) is 0 Å². The third kappa shape index (κ3) is 2.11. The third-order valence-electron chi connectivity index (χ3n) is 1.82. The van der Waals surface area contributed by atoms with E-state index >= 15 is 0 Å². The number of anilines is 1. The van der Waals surface area contributed by atoms with Crippen LogP contribution in [-0.2, 0) is 4.74 Å². The molecule has 2 heterocycles. The number of methoxy groups -OCH3 is 1. The van der Waals surface area contributed by atoms with Crippen LogP contribution < -0.4 is 5.73 Å². The van der Waals surface area contributed by atoms with Gasteiger partial charge in [-0.05, 0) is 28.1 Å². The van der Waals surface area contributed by atoms with E-state index in [0.29, 0.717) is 5.13 Å². The molecule has 4 nitrogen and oxygen atoms in total. The molecule has 0 saturated carbocycles. The lowest BCUT2D eigenvalue weighted by atomic mass is 10.3. The Morgan fingerprint density at radius 1 is 1.50 bits per heavy atom.